The minimum absolute atomic E-state index is 0.175. The van der Waals surface area contributed by atoms with E-state index in [1.165, 1.54) is 40.5 Å². The Morgan fingerprint density at radius 3 is 1.89 bits per heavy atom. The van der Waals surface area contributed by atoms with E-state index in [1.807, 2.05) is 48.5 Å². The van der Waals surface area contributed by atoms with Crippen molar-refractivity contribution < 1.29 is 13.2 Å². The minimum atomic E-state index is -0.360. The quantitative estimate of drug-likeness (QED) is 0.159. The molecule has 0 amide bonds. The van der Waals surface area contributed by atoms with E-state index in [4.69, 9.17) is 9.40 Å². The first-order valence-corrected chi connectivity index (χ1v) is 19.2. The van der Waals surface area contributed by atoms with E-state index >= 15 is 4.39 Å². The van der Waals surface area contributed by atoms with E-state index in [0.29, 0.717) is 33.3 Å². The fourth-order valence-electron chi connectivity index (χ4n) is 8.49. The van der Waals surface area contributed by atoms with Gasteiger partial charge < -0.3 is 4.42 Å². The van der Waals surface area contributed by atoms with Crippen LogP contribution in [0.3, 0.4) is 0 Å². The molecule has 0 aliphatic rings. The van der Waals surface area contributed by atoms with Crippen LogP contribution in [0.15, 0.2) is 150 Å². The molecule has 5 heteroatoms. The van der Waals surface area contributed by atoms with Gasteiger partial charge in [0.15, 0.2) is 0 Å². The van der Waals surface area contributed by atoms with Crippen molar-refractivity contribution in [1.29, 1.82) is 0 Å². The number of aromatic nitrogens is 2. The SMILES string of the molecule is CC(C)c1cc(-c2ccc(-c3ccccc3)cc2)cc(C(C)C)c1-n1c(-c2ccc(F)c3c2oc2c4ccc5cc(F)ccc5c4ccc23)nc2ccccc21. The number of benzene rings is 8. The Morgan fingerprint density at radius 1 is 0.536 bits per heavy atom. The average molecular weight is 733 g/mol. The minimum Gasteiger partial charge on any atom is -0.455 e. The van der Waals surface area contributed by atoms with Crippen molar-refractivity contribution in [2.75, 3.05) is 0 Å². The smallest absolute Gasteiger partial charge is 0.149 e. The molecule has 10 rings (SSSR count). The van der Waals surface area contributed by atoms with Gasteiger partial charge in [-0.1, -0.05) is 113 Å². The molecule has 0 atom stereocenters. The molecular weight excluding hydrogens is 695 g/mol. The maximum absolute atomic E-state index is 16.1. The van der Waals surface area contributed by atoms with Gasteiger partial charge in [-0.2, -0.15) is 0 Å². The molecule has 2 aromatic heterocycles. The lowest BCUT2D eigenvalue weighted by Crippen LogP contribution is -2.09. The topological polar surface area (TPSA) is 31.0 Å². The maximum atomic E-state index is 16.1. The summed E-state index contributed by atoms with van der Waals surface area (Å²) in [6.45, 7) is 8.95. The Kier molecular flexibility index (Phi) is 7.89. The highest BCUT2D eigenvalue weighted by Gasteiger charge is 2.27. The first-order chi connectivity index (χ1) is 27.2. The number of fused-ring (bicyclic) bond motifs is 8. The van der Waals surface area contributed by atoms with Crippen molar-refractivity contribution in [3.63, 3.8) is 0 Å². The number of halogens is 2. The molecule has 0 aliphatic heterocycles. The van der Waals surface area contributed by atoms with Gasteiger partial charge in [-0.15, -0.1) is 0 Å². The normalized spacial score (nSPS) is 12.1. The van der Waals surface area contributed by atoms with Crippen LogP contribution in [0.25, 0.3) is 93.8 Å². The standard InChI is InChI=1S/C51H38F2N2O/c1-29(2)42-27-35(33-16-14-32(15-17-33)31-10-6-5-7-11-31)28-43(30(3)4)48(42)55-46-13-9-8-12-45(46)54-51(55)41-24-25-44(53)47-40-23-22-38-37-21-19-36(52)26-34(37)18-20-39(38)49(40)56-50(41)47/h5-30H,1-4H3. The third-order valence-electron chi connectivity index (χ3n) is 11.3. The second kappa shape index (κ2) is 13.0. The zero-order valence-electron chi connectivity index (χ0n) is 31.6. The zero-order chi connectivity index (χ0) is 38.2. The Bertz CT molecular complexity index is 3120. The molecule has 3 nitrogen and oxygen atoms in total. The van der Waals surface area contributed by atoms with Gasteiger partial charge in [-0.3, -0.25) is 4.57 Å². The molecule has 8 aromatic carbocycles. The van der Waals surface area contributed by atoms with Crippen LogP contribution in [-0.2, 0) is 0 Å². The van der Waals surface area contributed by atoms with Crippen LogP contribution in [-0.4, -0.2) is 9.55 Å². The number of para-hydroxylation sites is 2. The monoisotopic (exact) mass is 732 g/mol. The van der Waals surface area contributed by atoms with Gasteiger partial charge in [0.1, 0.15) is 28.6 Å². The Morgan fingerprint density at radius 2 is 1.16 bits per heavy atom. The van der Waals surface area contributed by atoms with Crippen LogP contribution in [0.4, 0.5) is 8.78 Å². The molecule has 0 aliphatic carbocycles. The Labute approximate surface area is 323 Å². The van der Waals surface area contributed by atoms with Crippen LogP contribution in [0.2, 0.25) is 0 Å². The third-order valence-corrected chi connectivity index (χ3v) is 11.3. The van der Waals surface area contributed by atoms with Crippen LogP contribution in [0.1, 0.15) is 50.7 Å². The highest BCUT2D eigenvalue weighted by Crippen LogP contribution is 2.45. The second-order valence-corrected chi connectivity index (χ2v) is 15.4. The van der Waals surface area contributed by atoms with Crippen LogP contribution in [0.5, 0.6) is 0 Å². The largest absolute Gasteiger partial charge is 0.455 e. The van der Waals surface area contributed by atoms with Crippen LogP contribution < -0.4 is 0 Å². The van der Waals surface area contributed by atoms with Crippen molar-refractivity contribution in [3.8, 4) is 39.3 Å². The molecule has 10 aromatic rings. The summed E-state index contributed by atoms with van der Waals surface area (Å²) in [5, 5.41) is 4.57. The Hall–Kier alpha value is -6.59. The van der Waals surface area contributed by atoms with E-state index < -0.39 is 0 Å². The molecule has 0 radical (unpaired) electrons. The molecule has 272 valence electrons. The van der Waals surface area contributed by atoms with E-state index in [0.717, 1.165) is 49.4 Å². The number of rotatable bonds is 6. The molecular formula is C51H38F2N2O. The van der Waals surface area contributed by atoms with Crippen molar-refractivity contribution in [2.24, 2.45) is 0 Å². The molecule has 0 N–H and O–H groups in total. The van der Waals surface area contributed by atoms with Gasteiger partial charge in [-0.05, 0) is 122 Å². The summed E-state index contributed by atoms with van der Waals surface area (Å²) in [6, 6.07) is 48.0. The van der Waals surface area contributed by atoms with E-state index in [9.17, 15) is 4.39 Å². The molecule has 0 fully saturated rings. The summed E-state index contributed by atoms with van der Waals surface area (Å²) in [5.41, 5.74) is 11.7. The lowest BCUT2D eigenvalue weighted by molar-refractivity contribution is 0.630. The molecule has 0 spiro atoms. The lowest BCUT2D eigenvalue weighted by Gasteiger charge is -2.24. The lowest BCUT2D eigenvalue weighted by atomic mass is 9.87. The Balaban J connectivity index is 1.22. The number of hydrogen-bond donors (Lipinski definition) is 0. The summed E-state index contributed by atoms with van der Waals surface area (Å²) in [5.74, 6) is 0.387. The zero-order valence-corrected chi connectivity index (χ0v) is 31.6. The highest BCUT2D eigenvalue weighted by atomic mass is 19.1. The highest BCUT2D eigenvalue weighted by molar-refractivity contribution is 6.21. The number of imidazole rings is 1. The summed E-state index contributed by atoms with van der Waals surface area (Å²) in [4.78, 5) is 5.29. The predicted molar refractivity (Wildman–Crippen MR) is 228 cm³/mol. The second-order valence-electron chi connectivity index (χ2n) is 15.4. The van der Waals surface area contributed by atoms with Gasteiger partial charge in [0.2, 0.25) is 0 Å². The third kappa shape index (κ3) is 5.33. The van der Waals surface area contributed by atoms with Gasteiger partial charge >= 0.3 is 0 Å². The number of hydrogen-bond acceptors (Lipinski definition) is 2. The summed E-state index contributed by atoms with van der Waals surface area (Å²) in [7, 11) is 0. The van der Waals surface area contributed by atoms with Crippen molar-refractivity contribution in [2.45, 2.75) is 39.5 Å². The van der Waals surface area contributed by atoms with Crippen molar-refractivity contribution in [1.82, 2.24) is 9.55 Å². The molecule has 0 saturated heterocycles. The fraction of sp³-hybridized carbons (Fsp3) is 0.118. The van der Waals surface area contributed by atoms with Crippen LogP contribution in [0, 0.1) is 11.6 Å². The first-order valence-electron chi connectivity index (χ1n) is 19.2. The van der Waals surface area contributed by atoms with Gasteiger partial charge in [0, 0.05) is 10.8 Å². The van der Waals surface area contributed by atoms with Gasteiger partial charge in [-0.25, -0.2) is 13.8 Å². The summed E-state index contributed by atoms with van der Waals surface area (Å²) in [6.07, 6.45) is 0. The summed E-state index contributed by atoms with van der Waals surface area (Å²) < 4.78 is 39.3. The predicted octanol–water partition coefficient (Wildman–Crippen LogP) is 14.8. The molecule has 0 saturated carbocycles. The molecule has 2 heterocycles. The van der Waals surface area contributed by atoms with E-state index in [1.54, 1.807) is 12.1 Å². The number of nitrogens with zero attached hydrogens (tertiary/aromatic N) is 2. The first kappa shape index (κ1) is 33.9. The van der Waals surface area contributed by atoms with Gasteiger partial charge in [0.05, 0.1) is 27.7 Å². The van der Waals surface area contributed by atoms with E-state index in [2.05, 4.69) is 99.0 Å². The number of furan rings is 1. The average Bonchev–Trinajstić information content (AvgIpc) is 3.80. The molecule has 0 unspecified atom stereocenters. The fourth-order valence-corrected chi connectivity index (χ4v) is 8.49. The molecule has 56 heavy (non-hydrogen) atoms. The van der Waals surface area contributed by atoms with Crippen molar-refractivity contribution in [3.05, 3.63) is 168 Å². The summed E-state index contributed by atoms with van der Waals surface area (Å²) >= 11 is 0. The maximum Gasteiger partial charge on any atom is 0.149 e. The van der Waals surface area contributed by atoms with Crippen molar-refractivity contribution >= 4 is 54.5 Å². The van der Waals surface area contributed by atoms with E-state index in [-0.39, 0.29) is 23.5 Å². The van der Waals surface area contributed by atoms with Crippen LogP contribution >= 0.6 is 0 Å². The van der Waals surface area contributed by atoms with Gasteiger partial charge in [0.25, 0.3) is 0 Å². The molecule has 0 bridgehead atoms.